The van der Waals surface area contributed by atoms with Gasteiger partial charge in [0, 0.05) is 17.3 Å². The normalized spacial score (nSPS) is 13.6. The number of rotatable bonds is 21. The number of nitrogens with two attached hydrogens (primary N) is 2. The average Bonchev–Trinajstić information content (AvgIpc) is 2.95. The molecule has 0 aliphatic carbocycles. The van der Waals surface area contributed by atoms with E-state index in [0.717, 1.165) is 14.2 Å². The molecule has 0 aliphatic heterocycles. The van der Waals surface area contributed by atoms with Crippen LogP contribution in [0.2, 0.25) is 0 Å². The molecule has 0 amide bonds. The molecule has 0 aromatic rings. The van der Waals surface area contributed by atoms with Crippen LogP contribution in [-0.4, -0.2) is 204 Å². The molecule has 0 fully saturated rings. The summed E-state index contributed by atoms with van der Waals surface area (Å²) in [5.74, 6) is -3.85. The van der Waals surface area contributed by atoms with Crippen molar-refractivity contribution in [2.24, 2.45) is 11.5 Å². The first-order chi connectivity index (χ1) is 22.8. The van der Waals surface area contributed by atoms with Crippen LogP contribution in [0.4, 0.5) is 0 Å². The Kier molecular flexibility index (Phi) is 48.1. The summed E-state index contributed by atoms with van der Waals surface area (Å²) < 4.78 is 28.4. The van der Waals surface area contributed by atoms with Crippen LogP contribution >= 0.6 is 55.8 Å². The van der Waals surface area contributed by atoms with Gasteiger partial charge in [-0.25, -0.2) is 0 Å². The number of carbonyl (C=O) groups excluding carboxylic acids is 3. The zero-order chi connectivity index (χ0) is 41.6. The molecule has 0 aliphatic rings. The Morgan fingerprint density at radius 3 is 0.945 bits per heavy atom. The summed E-state index contributed by atoms with van der Waals surface area (Å²) in [6, 6.07) is -3.62. The van der Waals surface area contributed by atoms with Gasteiger partial charge in [-0.1, -0.05) is 58.0 Å². The third-order valence-electron chi connectivity index (χ3n) is 5.95. The van der Waals surface area contributed by atoms with Gasteiger partial charge in [0.25, 0.3) is 0 Å². The predicted molar refractivity (Wildman–Crippen MR) is 214 cm³/mol. The van der Waals surface area contributed by atoms with E-state index < -0.39 is 70.5 Å². The van der Waals surface area contributed by atoms with Crippen LogP contribution < -0.4 is 78.2 Å². The minimum atomic E-state index is -3.66. The van der Waals surface area contributed by atoms with Crippen molar-refractivity contribution in [1.82, 2.24) is 0 Å². The van der Waals surface area contributed by atoms with Crippen LogP contribution in [0.3, 0.4) is 0 Å². The van der Waals surface area contributed by atoms with Crippen molar-refractivity contribution in [2.45, 2.75) is 45.1 Å². The minimum absolute atomic E-state index is 0. The van der Waals surface area contributed by atoms with Crippen molar-refractivity contribution < 1.29 is 137 Å². The van der Waals surface area contributed by atoms with Crippen molar-refractivity contribution in [1.29, 1.82) is 0 Å². The van der Waals surface area contributed by atoms with Crippen molar-refractivity contribution in [3.63, 3.8) is 0 Å². The number of quaternary nitrogens is 3. The maximum absolute atomic E-state index is 11.1. The monoisotopic (exact) mass is 941 g/mol. The van der Waals surface area contributed by atoms with Crippen LogP contribution in [0.1, 0.15) is 14.9 Å². The van der Waals surface area contributed by atoms with Crippen LogP contribution in [0.5, 0.6) is 0 Å². The van der Waals surface area contributed by atoms with E-state index in [-0.39, 0.29) is 92.2 Å². The van der Waals surface area contributed by atoms with Gasteiger partial charge in [-0.15, -0.1) is 0 Å². The first-order valence-corrected chi connectivity index (χ1v) is 21.3. The molecule has 0 aromatic heterocycles. The van der Waals surface area contributed by atoms with Gasteiger partial charge in [0.05, 0.1) is 89.2 Å². The number of hydrogen-bond donors (Lipinski definition) is 5. The molecule has 5 unspecified atom stereocenters. The van der Waals surface area contributed by atoms with E-state index in [1.807, 2.05) is 0 Å². The van der Waals surface area contributed by atoms with E-state index in [9.17, 15) is 47.7 Å². The molecule has 328 valence electrons. The smallest absolute Gasteiger partial charge is 0.870 e. The molecule has 7 N–H and O–H groups in total. The van der Waals surface area contributed by atoms with Gasteiger partial charge < -0.3 is 70.3 Å². The van der Waals surface area contributed by atoms with E-state index >= 15 is 0 Å². The molecule has 0 rings (SSSR count). The standard InChI is InChI=1S/C12H24N2O4S2.C6H12N2O4S2.C6H13NO2S.C2H6O4S.2CH4.K.H2O/c1-13(2,3)9(11(15)16)7-19-20-8-10(12(17)18)14(4,5)6;7-3(5(9)10)1-13-14-2-4(8)6(11)12;1-7(2,3)5(4-10)6(8)9;1-5-7(3,4)6-2;;;;/h9-10H,7-8H2,1-6H3;3-4H,1-2,7-8H2,(H,9,10)(H,11,12);5H,4H2,1-3H3,(H-,8,9,10);1-2H3;2*1H4;;1H2/q;;;;;;+1;/p-1. The van der Waals surface area contributed by atoms with E-state index in [2.05, 4.69) is 21.0 Å². The van der Waals surface area contributed by atoms with Crippen LogP contribution in [0.25, 0.3) is 0 Å². The van der Waals surface area contributed by atoms with Gasteiger partial charge in [0.1, 0.15) is 48.1 Å². The molecular weight excluding hydrogens is 878 g/mol. The number of aliphatic carboxylic acids is 5. The molecule has 0 saturated heterocycles. The predicted octanol–water partition coefficient (Wildman–Crippen LogP) is -6.43. The number of nitrogens with zero attached hydrogens (tertiary/aromatic N) is 3. The second-order valence-corrected chi connectivity index (χ2v) is 19.8. The second-order valence-electron chi connectivity index (χ2n) is 12.8. The van der Waals surface area contributed by atoms with Gasteiger partial charge in [-0.2, -0.15) is 21.0 Å². The maximum Gasteiger partial charge on any atom is 1.00 e. The van der Waals surface area contributed by atoms with Gasteiger partial charge in [0.15, 0.2) is 0 Å². The fourth-order valence-corrected chi connectivity index (χ4v) is 8.50. The van der Waals surface area contributed by atoms with Gasteiger partial charge in [-0.3, -0.25) is 18.0 Å². The Morgan fingerprint density at radius 2 is 0.836 bits per heavy atom. The Bertz CT molecular complexity index is 1110. The fraction of sp³-hybridized carbons (Fsp3) is 0.821. The summed E-state index contributed by atoms with van der Waals surface area (Å²) in [7, 11) is 19.7. The number of carboxylic acids is 5. The molecule has 0 radical (unpaired) electrons. The molecule has 27 heteroatoms. The van der Waals surface area contributed by atoms with Crippen LogP contribution in [0, 0.1) is 0 Å². The SMILES string of the molecule is C.C.COS(=O)(=O)OC.C[N+](C)(C)C(CS)C(=O)[O-].C[N+](C)(C)C(CSSCC(C(=O)[O-])[N+](C)(C)C)C(=O)[O-].NC(CSSCC(N)C(=O)O)C(=O)O.[K+].[OH-]. The van der Waals surface area contributed by atoms with Crippen LogP contribution in [-0.2, 0) is 42.7 Å². The molecule has 0 aromatic carbocycles. The molecule has 0 bridgehead atoms. The molecular formula is C28H64KN5O15S6. The maximum atomic E-state index is 11.1. The molecule has 20 nitrogen and oxygen atoms in total. The summed E-state index contributed by atoms with van der Waals surface area (Å²) >= 11 is 3.91. The number of hydrogen-bond acceptors (Lipinski definition) is 20. The topological polar surface area (TPSA) is 330 Å². The third kappa shape index (κ3) is 40.9. The summed E-state index contributed by atoms with van der Waals surface area (Å²) in [4.78, 5) is 53.1. The van der Waals surface area contributed by atoms with E-state index in [0.29, 0.717) is 21.7 Å². The number of thiol groups is 1. The zero-order valence-corrected chi connectivity index (χ0v) is 40.2. The number of carboxylic acid groups (broad SMARTS) is 5. The molecule has 0 heterocycles. The fourth-order valence-electron chi connectivity index (χ4n) is 2.53. The van der Waals surface area contributed by atoms with Crippen LogP contribution in [0.15, 0.2) is 0 Å². The molecule has 55 heavy (non-hydrogen) atoms. The Labute approximate surface area is 391 Å². The molecule has 5 atom stereocenters. The van der Waals surface area contributed by atoms with Gasteiger partial charge in [0.2, 0.25) is 0 Å². The summed E-state index contributed by atoms with van der Waals surface area (Å²) in [5, 5.41) is 49.4. The van der Waals surface area contributed by atoms with Crippen molar-refractivity contribution in [3.8, 4) is 0 Å². The van der Waals surface area contributed by atoms with E-state index in [1.54, 1.807) is 63.4 Å². The first-order valence-electron chi connectivity index (χ1n) is 14.3. The van der Waals surface area contributed by atoms with Crippen molar-refractivity contribution >= 4 is 96.0 Å². The van der Waals surface area contributed by atoms with Gasteiger partial charge in [-0.05, 0) is 0 Å². The largest absolute Gasteiger partial charge is 1.00 e. The zero-order valence-electron chi connectivity index (χ0n) is 32.1. The Balaban J connectivity index is -0.0000000928. The van der Waals surface area contributed by atoms with E-state index in [4.69, 9.17) is 21.7 Å². The summed E-state index contributed by atoms with van der Waals surface area (Å²) in [6.07, 6.45) is 0. The van der Waals surface area contributed by atoms with Crippen molar-refractivity contribution in [2.75, 3.05) is 106 Å². The first kappa shape index (κ1) is 72.9. The number of carbonyl (C=O) groups is 5. The molecule has 0 saturated carbocycles. The van der Waals surface area contributed by atoms with Gasteiger partial charge >= 0.3 is 73.7 Å². The summed E-state index contributed by atoms with van der Waals surface area (Å²) in [6.45, 7) is 0. The van der Waals surface area contributed by atoms with E-state index in [1.165, 1.54) is 43.2 Å². The Hall–Kier alpha value is 0.366. The average molecular weight is 942 g/mol. The minimum Gasteiger partial charge on any atom is -0.870 e. The summed E-state index contributed by atoms with van der Waals surface area (Å²) in [5.41, 5.74) is 10.4. The quantitative estimate of drug-likeness (QED) is 0.0235. The second kappa shape index (κ2) is 36.2. The number of likely N-dealkylation sites (N-methyl/N-ethyl adjacent to an activating group) is 3. The Morgan fingerprint density at radius 1 is 0.618 bits per heavy atom. The molecule has 0 spiro atoms. The van der Waals surface area contributed by atoms with Crippen molar-refractivity contribution in [3.05, 3.63) is 0 Å². The third-order valence-corrected chi connectivity index (χ3v) is 12.0.